The van der Waals surface area contributed by atoms with Crippen LogP contribution in [0.25, 0.3) is 0 Å². The fourth-order valence-electron chi connectivity index (χ4n) is 1.47. The van der Waals surface area contributed by atoms with Crippen molar-refractivity contribution in [1.82, 2.24) is 4.90 Å². The Hall–Kier alpha value is -1.59. The van der Waals surface area contributed by atoms with E-state index in [-0.39, 0.29) is 19.1 Å². The Labute approximate surface area is 101 Å². The molecular formula is C12H19N3O2. The Morgan fingerprint density at radius 1 is 1.53 bits per heavy atom. The maximum absolute atomic E-state index is 11.7. The van der Waals surface area contributed by atoms with E-state index in [1.165, 1.54) is 0 Å². The first-order valence-corrected chi connectivity index (χ1v) is 5.49. The lowest BCUT2D eigenvalue weighted by molar-refractivity contribution is -0.117. The average molecular weight is 237 g/mol. The minimum atomic E-state index is -0.116. The highest BCUT2D eigenvalue weighted by Crippen LogP contribution is 2.20. The third kappa shape index (κ3) is 4.05. The second kappa shape index (κ2) is 6.22. The summed E-state index contributed by atoms with van der Waals surface area (Å²) < 4.78 is 0. The molecule has 0 fully saturated rings. The number of likely N-dealkylation sites (N-methyl/N-ethyl adjacent to an activating group) is 1. The normalized spacial score (nSPS) is 10.6. The number of nitrogens with two attached hydrogens (primary N) is 1. The van der Waals surface area contributed by atoms with Gasteiger partial charge in [-0.15, -0.1) is 0 Å². The van der Waals surface area contributed by atoms with E-state index in [2.05, 4.69) is 5.32 Å². The Kier molecular flexibility index (Phi) is 4.93. The fourth-order valence-corrected chi connectivity index (χ4v) is 1.47. The molecule has 1 amide bonds. The van der Waals surface area contributed by atoms with Crippen LogP contribution >= 0.6 is 0 Å². The van der Waals surface area contributed by atoms with Crippen LogP contribution < -0.4 is 11.1 Å². The van der Waals surface area contributed by atoms with E-state index in [1.807, 2.05) is 13.0 Å². The standard InChI is InChI=1S/C12H19N3O2/c1-9-10(13)4-3-5-11(9)14-12(17)8-15(2)6-7-16/h3-5,16H,6-8,13H2,1-2H3,(H,14,17). The minimum Gasteiger partial charge on any atom is -0.398 e. The number of amides is 1. The molecule has 0 bridgehead atoms. The Balaban J connectivity index is 2.59. The molecule has 0 aromatic heterocycles. The van der Waals surface area contributed by atoms with E-state index >= 15 is 0 Å². The maximum atomic E-state index is 11.7. The van der Waals surface area contributed by atoms with Gasteiger partial charge in [0.25, 0.3) is 0 Å². The highest BCUT2D eigenvalue weighted by Gasteiger charge is 2.08. The van der Waals surface area contributed by atoms with Crippen molar-refractivity contribution in [3.8, 4) is 0 Å². The number of anilines is 2. The molecule has 17 heavy (non-hydrogen) atoms. The van der Waals surface area contributed by atoms with Crippen LogP contribution in [-0.2, 0) is 4.79 Å². The molecule has 0 spiro atoms. The quantitative estimate of drug-likeness (QED) is 0.649. The number of carbonyl (C=O) groups excluding carboxylic acids is 1. The first-order chi connectivity index (χ1) is 8.04. The van der Waals surface area contributed by atoms with Gasteiger partial charge in [-0.25, -0.2) is 0 Å². The van der Waals surface area contributed by atoms with Gasteiger partial charge in [-0.1, -0.05) is 6.07 Å². The third-order valence-electron chi connectivity index (χ3n) is 2.55. The van der Waals surface area contributed by atoms with Crippen LogP contribution in [0.1, 0.15) is 5.56 Å². The molecular weight excluding hydrogens is 218 g/mol. The lowest BCUT2D eigenvalue weighted by Gasteiger charge is -2.15. The van der Waals surface area contributed by atoms with Crippen molar-refractivity contribution < 1.29 is 9.90 Å². The van der Waals surface area contributed by atoms with Crippen LogP contribution in [0.3, 0.4) is 0 Å². The number of aliphatic hydroxyl groups is 1. The number of hydrogen-bond donors (Lipinski definition) is 3. The van der Waals surface area contributed by atoms with Gasteiger partial charge in [0, 0.05) is 17.9 Å². The molecule has 4 N–H and O–H groups in total. The van der Waals surface area contributed by atoms with Crippen LogP contribution in [0.2, 0.25) is 0 Å². The SMILES string of the molecule is Cc1c(N)cccc1NC(=O)CN(C)CCO. The van der Waals surface area contributed by atoms with E-state index in [4.69, 9.17) is 10.8 Å². The number of benzene rings is 1. The first kappa shape index (κ1) is 13.5. The van der Waals surface area contributed by atoms with Crippen molar-refractivity contribution in [2.24, 2.45) is 0 Å². The van der Waals surface area contributed by atoms with Crippen LogP contribution in [0.5, 0.6) is 0 Å². The molecule has 0 aliphatic carbocycles. The zero-order valence-corrected chi connectivity index (χ0v) is 10.2. The van der Waals surface area contributed by atoms with Gasteiger partial charge in [-0.2, -0.15) is 0 Å². The zero-order valence-electron chi connectivity index (χ0n) is 10.2. The van der Waals surface area contributed by atoms with E-state index in [9.17, 15) is 4.79 Å². The van der Waals surface area contributed by atoms with Gasteiger partial charge in [-0.05, 0) is 31.7 Å². The van der Waals surface area contributed by atoms with Crippen molar-refractivity contribution in [1.29, 1.82) is 0 Å². The Morgan fingerprint density at radius 2 is 2.24 bits per heavy atom. The van der Waals surface area contributed by atoms with Crippen molar-refractivity contribution >= 4 is 17.3 Å². The van der Waals surface area contributed by atoms with Crippen LogP contribution in [0.4, 0.5) is 11.4 Å². The monoisotopic (exact) mass is 237 g/mol. The van der Waals surface area contributed by atoms with Gasteiger partial charge in [0.05, 0.1) is 13.2 Å². The molecule has 0 saturated carbocycles. The molecule has 1 aromatic carbocycles. The fraction of sp³-hybridized carbons (Fsp3) is 0.417. The molecule has 0 atom stereocenters. The van der Waals surface area contributed by atoms with E-state index in [0.717, 1.165) is 11.3 Å². The smallest absolute Gasteiger partial charge is 0.238 e. The van der Waals surface area contributed by atoms with Crippen molar-refractivity contribution in [2.45, 2.75) is 6.92 Å². The maximum Gasteiger partial charge on any atom is 0.238 e. The van der Waals surface area contributed by atoms with Crippen LogP contribution in [0.15, 0.2) is 18.2 Å². The Bertz CT molecular complexity index is 393. The largest absolute Gasteiger partial charge is 0.398 e. The summed E-state index contributed by atoms with van der Waals surface area (Å²) in [6.45, 7) is 2.63. The lowest BCUT2D eigenvalue weighted by atomic mass is 10.1. The van der Waals surface area contributed by atoms with Crippen LogP contribution in [-0.4, -0.2) is 42.7 Å². The topological polar surface area (TPSA) is 78.6 Å². The summed E-state index contributed by atoms with van der Waals surface area (Å²) in [6.07, 6.45) is 0. The van der Waals surface area contributed by atoms with Gasteiger partial charge in [0.15, 0.2) is 0 Å². The van der Waals surface area contributed by atoms with Crippen molar-refractivity contribution in [3.63, 3.8) is 0 Å². The van der Waals surface area contributed by atoms with Gasteiger partial charge in [0.1, 0.15) is 0 Å². The molecule has 94 valence electrons. The van der Waals surface area contributed by atoms with E-state index in [0.29, 0.717) is 12.2 Å². The predicted molar refractivity (Wildman–Crippen MR) is 68.8 cm³/mol. The van der Waals surface area contributed by atoms with Gasteiger partial charge < -0.3 is 16.2 Å². The summed E-state index contributed by atoms with van der Waals surface area (Å²) in [5, 5.41) is 11.5. The summed E-state index contributed by atoms with van der Waals surface area (Å²) in [4.78, 5) is 13.4. The molecule has 1 rings (SSSR count). The number of hydrogen-bond acceptors (Lipinski definition) is 4. The zero-order chi connectivity index (χ0) is 12.8. The minimum absolute atomic E-state index is 0.0428. The van der Waals surface area contributed by atoms with E-state index in [1.54, 1.807) is 24.1 Å². The van der Waals surface area contributed by atoms with E-state index < -0.39 is 0 Å². The van der Waals surface area contributed by atoms with Gasteiger partial charge >= 0.3 is 0 Å². The molecule has 5 nitrogen and oxygen atoms in total. The average Bonchev–Trinajstić information content (AvgIpc) is 2.25. The molecule has 0 aliphatic heterocycles. The number of nitrogens with one attached hydrogen (secondary N) is 1. The molecule has 0 heterocycles. The summed E-state index contributed by atoms with van der Waals surface area (Å²) >= 11 is 0. The summed E-state index contributed by atoms with van der Waals surface area (Å²) in [6, 6.07) is 5.41. The first-order valence-electron chi connectivity index (χ1n) is 5.49. The third-order valence-corrected chi connectivity index (χ3v) is 2.55. The summed E-state index contributed by atoms with van der Waals surface area (Å²) in [7, 11) is 1.78. The van der Waals surface area contributed by atoms with Gasteiger partial charge in [0.2, 0.25) is 5.91 Å². The van der Waals surface area contributed by atoms with Crippen LogP contribution in [0, 0.1) is 6.92 Å². The second-order valence-electron chi connectivity index (χ2n) is 4.03. The number of aliphatic hydroxyl groups excluding tert-OH is 1. The summed E-state index contributed by atoms with van der Waals surface area (Å²) in [5.74, 6) is -0.116. The highest BCUT2D eigenvalue weighted by molar-refractivity contribution is 5.93. The molecule has 0 radical (unpaired) electrons. The lowest BCUT2D eigenvalue weighted by Crippen LogP contribution is -2.32. The number of nitrogens with zero attached hydrogens (tertiary/aromatic N) is 1. The second-order valence-corrected chi connectivity index (χ2v) is 4.03. The molecule has 0 unspecified atom stereocenters. The van der Waals surface area contributed by atoms with Crippen molar-refractivity contribution in [3.05, 3.63) is 23.8 Å². The number of rotatable bonds is 5. The number of carbonyl (C=O) groups is 1. The summed E-state index contributed by atoms with van der Waals surface area (Å²) in [5.41, 5.74) is 8.00. The number of nitrogen functional groups attached to an aromatic ring is 1. The molecule has 5 heteroatoms. The predicted octanol–water partition coefficient (Wildman–Crippen LogP) is 0.440. The molecule has 0 saturated heterocycles. The van der Waals surface area contributed by atoms with Crippen molar-refractivity contribution in [2.75, 3.05) is 37.8 Å². The molecule has 0 aliphatic rings. The van der Waals surface area contributed by atoms with Gasteiger partial charge in [-0.3, -0.25) is 9.69 Å². The molecule has 1 aromatic rings. The highest BCUT2D eigenvalue weighted by atomic mass is 16.3. The Morgan fingerprint density at radius 3 is 2.88 bits per heavy atom.